The van der Waals surface area contributed by atoms with E-state index in [-0.39, 0.29) is 30.5 Å². The molecule has 0 aromatic rings. The molecule has 3 aliphatic heterocycles. The van der Waals surface area contributed by atoms with Gasteiger partial charge >= 0.3 is 0 Å². The Bertz CT molecular complexity index is 423. The summed E-state index contributed by atoms with van der Waals surface area (Å²) in [6.45, 7) is 5.01. The molecule has 0 aromatic heterocycles. The highest BCUT2D eigenvalue weighted by Gasteiger charge is 2.44. The second-order valence-electron chi connectivity index (χ2n) is 6.62. The maximum absolute atomic E-state index is 12.3. The van der Waals surface area contributed by atoms with Crippen LogP contribution in [0.3, 0.4) is 0 Å². The first-order valence-corrected chi connectivity index (χ1v) is 8.51. The minimum Gasteiger partial charge on any atom is -0.375 e. The monoisotopic (exact) mass is 309 g/mol. The molecule has 6 nitrogen and oxygen atoms in total. The second-order valence-corrected chi connectivity index (χ2v) is 6.62. The number of piperidine rings is 1. The lowest BCUT2D eigenvalue weighted by Crippen LogP contribution is -2.55. The van der Waals surface area contributed by atoms with Gasteiger partial charge < -0.3 is 19.4 Å². The third-order valence-corrected chi connectivity index (χ3v) is 5.33. The molecule has 3 heterocycles. The summed E-state index contributed by atoms with van der Waals surface area (Å²) in [4.78, 5) is 30.9. The Morgan fingerprint density at radius 1 is 1.14 bits per heavy atom. The lowest BCUT2D eigenvalue weighted by atomic mass is 9.96. The zero-order valence-corrected chi connectivity index (χ0v) is 13.5. The van der Waals surface area contributed by atoms with Crippen LogP contribution in [0.2, 0.25) is 0 Å². The zero-order chi connectivity index (χ0) is 15.5. The van der Waals surface area contributed by atoms with Crippen LogP contribution in [0.25, 0.3) is 0 Å². The third-order valence-electron chi connectivity index (χ3n) is 5.33. The second kappa shape index (κ2) is 6.96. The Balaban J connectivity index is 1.61. The fraction of sp³-hybridized carbons (Fsp3) is 0.875. The van der Waals surface area contributed by atoms with Crippen LogP contribution < -0.4 is 0 Å². The van der Waals surface area contributed by atoms with Gasteiger partial charge in [0.05, 0.1) is 12.1 Å². The zero-order valence-electron chi connectivity index (χ0n) is 13.5. The first-order chi connectivity index (χ1) is 10.7. The van der Waals surface area contributed by atoms with Gasteiger partial charge in [-0.15, -0.1) is 0 Å². The highest BCUT2D eigenvalue weighted by atomic mass is 16.5. The van der Waals surface area contributed by atoms with Crippen LogP contribution in [0.1, 0.15) is 32.1 Å². The first kappa shape index (κ1) is 15.7. The summed E-state index contributed by atoms with van der Waals surface area (Å²) >= 11 is 0. The van der Waals surface area contributed by atoms with E-state index in [4.69, 9.17) is 4.74 Å². The molecule has 0 N–H and O–H groups in total. The summed E-state index contributed by atoms with van der Waals surface area (Å²) in [5.74, 6) is 0.324. The molecular formula is C16H27N3O3. The molecule has 0 unspecified atom stereocenters. The SMILES string of the molecule is COCC(=O)N1CC[C@@H]2[C@H]1CCC(=O)N2CCN1CCCC1. The predicted octanol–water partition coefficient (Wildman–Crippen LogP) is 0.321. The van der Waals surface area contributed by atoms with E-state index in [2.05, 4.69) is 4.90 Å². The van der Waals surface area contributed by atoms with Crippen LogP contribution in [0.4, 0.5) is 0 Å². The topological polar surface area (TPSA) is 53.1 Å². The van der Waals surface area contributed by atoms with Crippen LogP contribution in [-0.2, 0) is 14.3 Å². The van der Waals surface area contributed by atoms with Gasteiger partial charge in [0.15, 0.2) is 0 Å². The molecule has 3 fully saturated rings. The van der Waals surface area contributed by atoms with Crippen LogP contribution in [0.15, 0.2) is 0 Å². The summed E-state index contributed by atoms with van der Waals surface area (Å²) in [6.07, 6.45) is 4.83. The summed E-state index contributed by atoms with van der Waals surface area (Å²) < 4.78 is 4.98. The summed E-state index contributed by atoms with van der Waals surface area (Å²) in [5, 5.41) is 0. The number of likely N-dealkylation sites (tertiary alicyclic amines) is 3. The van der Waals surface area contributed by atoms with Crippen molar-refractivity contribution in [1.82, 2.24) is 14.7 Å². The molecule has 2 atom stereocenters. The van der Waals surface area contributed by atoms with Crippen molar-refractivity contribution in [3.05, 3.63) is 0 Å². The smallest absolute Gasteiger partial charge is 0.248 e. The van der Waals surface area contributed by atoms with E-state index in [9.17, 15) is 9.59 Å². The van der Waals surface area contributed by atoms with Gasteiger partial charge in [0.25, 0.3) is 0 Å². The molecule has 22 heavy (non-hydrogen) atoms. The lowest BCUT2D eigenvalue weighted by Gasteiger charge is -2.40. The van der Waals surface area contributed by atoms with Crippen molar-refractivity contribution in [3.8, 4) is 0 Å². The number of hydrogen-bond donors (Lipinski definition) is 0. The van der Waals surface area contributed by atoms with Gasteiger partial charge in [-0.1, -0.05) is 0 Å². The molecule has 0 saturated carbocycles. The van der Waals surface area contributed by atoms with E-state index in [1.54, 1.807) is 7.11 Å². The molecule has 0 aliphatic carbocycles. The van der Waals surface area contributed by atoms with E-state index in [0.717, 1.165) is 45.6 Å². The number of nitrogens with zero attached hydrogens (tertiary/aromatic N) is 3. The van der Waals surface area contributed by atoms with Gasteiger partial charge in [-0.25, -0.2) is 0 Å². The molecule has 0 spiro atoms. The third kappa shape index (κ3) is 3.13. The van der Waals surface area contributed by atoms with Gasteiger partial charge in [0, 0.05) is 33.2 Å². The maximum atomic E-state index is 12.3. The van der Waals surface area contributed by atoms with Crippen molar-refractivity contribution in [2.45, 2.75) is 44.2 Å². The molecule has 0 aromatic carbocycles. The van der Waals surface area contributed by atoms with Crippen LogP contribution in [-0.4, -0.2) is 85.0 Å². The van der Waals surface area contributed by atoms with Crippen molar-refractivity contribution >= 4 is 11.8 Å². The fourth-order valence-corrected chi connectivity index (χ4v) is 4.21. The van der Waals surface area contributed by atoms with Crippen molar-refractivity contribution in [2.24, 2.45) is 0 Å². The standard InChI is InChI=1S/C16H27N3O3/c1-22-12-16(21)18-9-6-14-13(18)4-5-15(20)19(14)11-10-17-7-2-3-8-17/h13-14H,2-12H2,1H3/t13-,14-/m1/s1. The van der Waals surface area contributed by atoms with Gasteiger partial charge in [0.2, 0.25) is 11.8 Å². The number of rotatable bonds is 5. The van der Waals surface area contributed by atoms with E-state index in [1.165, 1.54) is 12.8 Å². The normalized spacial score (nSPS) is 29.2. The Hall–Kier alpha value is -1.14. The largest absolute Gasteiger partial charge is 0.375 e. The van der Waals surface area contributed by atoms with Crippen molar-refractivity contribution < 1.29 is 14.3 Å². The van der Waals surface area contributed by atoms with E-state index in [0.29, 0.717) is 6.42 Å². The van der Waals surface area contributed by atoms with Gasteiger partial charge in [0.1, 0.15) is 6.61 Å². The Labute approximate surface area is 132 Å². The highest BCUT2D eigenvalue weighted by molar-refractivity contribution is 5.81. The summed E-state index contributed by atoms with van der Waals surface area (Å²) in [6, 6.07) is 0.406. The van der Waals surface area contributed by atoms with Gasteiger partial charge in [-0.2, -0.15) is 0 Å². The number of ether oxygens (including phenoxy) is 1. The molecule has 6 heteroatoms. The average Bonchev–Trinajstić information content (AvgIpc) is 3.15. The van der Waals surface area contributed by atoms with E-state index in [1.807, 2.05) is 9.80 Å². The number of hydrogen-bond acceptors (Lipinski definition) is 4. The lowest BCUT2D eigenvalue weighted by molar-refractivity contribution is -0.143. The molecule has 3 saturated heterocycles. The summed E-state index contributed by atoms with van der Waals surface area (Å²) in [7, 11) is 1.55. The van der Waals surface area contributed by atoms with Crippen LogP contribution >= 0.6 is 0 Å². The number of fused-ring (bicyclic) bond motifs is 1. The number of carbonyl (C=O) groups is 2. The predicted molar refractivity (Wildman–Crippen MR) is 82.4 cm³/mol. The maximum Gasteiger partial charge on any atom is 0.248 e. The Morgan fingerprint density at radius 3 is 2.64 bits per heavy atom. The quantitative estimate of drug-likeness (QED) is 0.734. The molecule has 3 aliphatic rings. The first-order valence-electron chi connectivity index (χ1n) is 8.51. The molecule has 2 amide bonds. The fourth-order valence-electron chi connectivity index (χ4n) is 4.21. The molecule has 3 rings (SSSR count). The minimum absolute atomic E-state index is 0.0591. The van der Waals surface area contributed by atoms with Gasteiger partial charge in [-0.3, -0.25) is 9.59 Å². The van der Waals surface area contributed by atoms with Crippen LogP contribution in [0.5, 0.6) is 0 Å². The van der Waals surface area contributed by atoms with E-state index < -0.39 is 0 Å². The molecule has 0 radical (unpaired) electrons. The number of carbonyl (C=O) groups excluding carboxylic acids is 2. The molecular weight excluding hydrogens is 282 g/mol. The van der Waals surface area contributed by atoms with Crippen molar-refractivity contribution in [3.63, 3.8) is 0 Å². The van der Waals surface area contributed by atoms with Gasteiger partial charge in [-0.05, 0) is 38.8 Å². The van der Waals surface area contributed by atoms with Crippen molar-refractivity contribution in [2.75, 3.05) is 46.4 Å². The minimum atomic E-state index is 0.0591. The molecule has 124 valence electrons. The van der Waals surface area contributed by atoms with Crippen molar-refractivity contribution in [1.29, 1.82) is 0 Å². The summed E-state index contributed by atoms with van der Waals surface area (Å²) in [5.41, 5.74) is 0. The highest BCUT2D eigenvalue weighted by Crippen LogP contribution is 2.31. The average molecular weight is 309 g/mol. The Morgan fingerprint density at radius 2 is 1.91 bits per heavy atom. The molecule has 0 bridgehead atoms. The Kier molecular flexibility index (Phi) is 4.98. The number of amides is 2. The van der Waals surface area contributed by atoms with Crippen LogP contribution in [0, 0.1) is 0 Å². The van der Waals surface area contributed by atoms with E-state index >= 15 is 0 Å². The number of methoxy groups -OCH3 is 1.